The van der Waals surface area contributed by atoms with Crippen LogP contribution in [0.3, 0.4) is 0 Å². The molecule has 0 heterocycles. The molecule has 0 aliphatic rings. The Morgan fingerprint density at radius 3 is 2.94 bits per heavy atom. The molecule has 0 amide bonds. The molecule has 4 nitrogen and oxygen atoms in total. The third-order valence-electron chi connectivity index (χ3n) is 2.29. The first-order chi connectivity index (χ1) is 8.63. The molecule has 0 aliphatic heterocycles. The summed E-state index contributed by atoms with van der Waals surface area (Å²) < 4.78 is 10.1. The second-order valence-corrected chi connectivity index (χ2v) is 5.02. The first-order valence-corrected chi connectivity index (χ1v) is 6.89. The smallest absolute Gasteiger partial charge is 0.323 e. The highest BCUT2D eigenvalue weighted by molar-refractivity contribution is 7.99. The molecule has 100 valence electrons. The van der Waals surface area contributed by atoms with E-state index < -0.39 is 6.04 Å². The van der Waals surface area contributed by atoms with Crippen LogP contribution in [0.15, 0.2) is 24.3 Å². The Labute approximate surface area is 112 Å². The van der Waals surface area contributed by atoms with Crippen molar-refractivity contribution in [3.63, 3.8) is 0 Å². The van der Waals surface area contributed by atoms with E-state index in [1.807, 2.05) is 31.2 Å². The van der Waals surface area contributed by atoms with E-state index in [9.17, 15) is 4.79 Å². The summed E-state index contributed by atoms with van der Waals surface area (Å²) in [5.74, 6) is 1.83. The molecule has 1 aromatic carbocycles. The topological polar surface area (TPSA) is 61.5 Å². The molecule has 0 bridgehead atoms. The molecule has 0 saturated heterocycles. The van der Waals surface area contributed by atoms with Gasteiger partial charge in [0, 0.05) is 11.5 Å². The van der Waals surface area contributed by atoms with Gasteiger partial charge in [0.25, 0.3) is 0 Å². The minimum absolute atomic E-state index is 0.373. The van der Waals surface area contributed by atoms with Gasteiger partial charge >= 0.3 is 5.97 Å². The van der Waals surface area contributed by atoms with Crippen molar-refractivity contribution in [2.75, 3.05) is 25.2 Å². The maximum absolute atomic E-state index is 11.0. The normalized spacial score (nSPS) is 11.9. The first-order valence-electron chi connectivity index (χ1n) is 5.74. The minimum Gasteiger partial charge on any atom is -0.493 e. The molecule has 5 heteroatoms. The largest absolute Gasteiger partial charge is 0.493 e. The summed E-state index contributed by atoms with van der Waals surface area (Å²) in [6, 6.07) is 7.35. The number of aryl methyl sites for hydroxylation is 1. The number of hydrogen-bond donors (Lipinski definition) is 1. The zero-order valence-electron chi connectivity index (χ0n) is 10.7. The van der Waals surface area contributed by atoms with Crippen molar-refractivity contribution in [1.29, 1.82) is 0 Å². The number of rotatable bonds is 7. The number of esters is 1. The van der Waals surface area contributed by atoms with Crippen LogP contribution in [0.1, 0.15) is 5.56 Å². The molecule has 0 aliphatic carbocycles. The SMILES string of the molecule is COC(=O)C(N)CSCCOc1cccc(C)c1. The summed E-state index contributed by atoms with van der Waals surface area (Å²) >= 11 is 1.58. The maximum Gasteiger partial charge on any atom is 0.323 e. The third kappa shape index (κ3) is 5.42. The summed E-state index contributed by atoms with van der Waals surface area (Å²) in [7, 11) is 1.34. The number of nitrogens with two attached hydrogens (primary N) is 1. The van der Waals surface area contributed by atoms with Crippen LogP contribution in [0.25, 0.3) is 0 Å². The van der Waals surface area contributed by atoms with Crippen molar-refractivity contribution >= 4 is 17.7 Å². The molecule has 0 aromatic heterocycles. The van der Waals surface area contributed by atoms with E-state index in [-0.39, 0.29) is 5.97 Å². The molecule has 0 radical (unpaired) electrons. The van der Waals surface area contributed by atoms with E-state index in [1.54, 1.807) is 11.8 Å². The third-order valence-corrected chi connectivity index (χ3v) is 3.34. The molecule has 2 N–H and O–H groups in total. The zero-order chi connectivity index (χ0) is 13.4. The van der Waals surface area contributed by atoms with Gasteiger partial charge in [-0.05, 0) is 24.6 Å². The summed E-state index contributed by atoms with van der Waals surface area (Å²) in [5.41, 5.74) is 6.78. The fraction of sp³-hybridized carbons (Fsp3) is 0.462. The van der Waals surface area contributed by atoms with Crippen molar-refractivity contribution in [1.82, 2.24) is 0 Å². The Hall–Kier alpha value is -1.20. The average Bonchev–Trinajstić information content (AvgIpc) is 2.37. The average molecular weight is 269 g/mol. The van der Waals surface area contributed by atoms with Gasteiger partial charge in [0.1, 0.15) is 11.8 Å². The standard InChI is InChI=1S/C13H19NO3S/c1-10-4-3-5-11(8-10)17-6-7-18-9-12(14)13(15)16-2/h3-5,8,12H,6-7,9,14H2,1-2H3. The Balaban J connectivity index is 2.14. The van der Waals surface area contributed by atoms with Crippen molar-refractivity contribution < 1.29 is 14.3 Å². The Morgan fingerprint density at radius 2 is 2.28 bits per heavy atom. The predicted octanol–water partition coefficient (Wildman–Crippen LogP) is 1.61. The van der Waals surface area contributed by atoms with Crippen LogP contribution in [0.5, 0.6) is 5.75 Å². The van der Waals surface area contributed by atoms with E-state index in [2.05, 4.69) is 4.74 Å². The van der Waals surface area contributed by atoms with Crippen molar-refractivity contribution in [2.24, 2.45) is 5.73 Å². The van der Waals surface area contributed by atoms with Crippen LogP contribution in [-0.2, 0) is 9.53 Å². The van der Waals surface area contributed by atoms with Crippen molar-refractivity contribution in [3.05, 3.63) is 29.8 Å². The second kappa shape index (κ2) is 8.00. The highest BCUT2D eigenvalue weighted by Gasteiger charge is 2.12. The van der Waals surface area contributed by atoms with Crippen LogP contribution in [0.2, 0.25) is 0 Å². The predicted molar refractivity (Wildman–Crippen MR) is 74.0 cm³/mol. The van der Waals surface area contributed by atoms with Crippen LogP contribution >= 0.6 is 11.8 Å². The molecule has 18 heavy (non-hydrogen) atoms. The zero-order valence-corrected chi connectivity index (χ0v) is 11.5. The van der Waals surface area contributed by atoms with E-state index in [0.717, 1.165) is 11.5 Å². The second-order valence-electron chi connectivity index (χ2n) is 3.87. The van der Waals surface area contributed by atoms with E-state index in [4.69, 9.17) is 10.5 Å². The van der Waals surface area contributed by atoms with Gasteiger partial charge in [-0.25, -0.2) is 0 Å². The van der Waals surface area contributed by atoms with Gasteiger partial charge in [-0.2, -0.15) is 11.8 Å². The molecule has 0 spiro atoms. The first kappa shape index (κ1) is 14.9. The van der Waals surface area contributed by atoms with E-state index in [0.29, 0.717) is 12.4 Å². The van der Waals surface area contributed by atoms with Gasteiger partial charge in [0.05, 0.1) is 13.7 Å². The lowest BCUT2D eigenvalue weighted by molar-refractivity contribution is -0.141. The van der Waals surface area contributed by atoms with Crippen LogP contribution in [0, 0.1) is 6.92 Å². The molecule has 1 rings (SSSR count). The van der Waals surface area contributed by atoms with Crippen LogP contribution in [-0.4, -0.2) is 37.2 Å². The lowest BCUT2D eigenvalue weighted by Crippen LogP contribution is -2.34. The van der Waals surface area contributed by atoms with Crippen molar-refractivity contribution in [2.45, 2.75) is 13.0 Å². The molecule has 0 saturated carbocycles. The van der Waals surface area contributed by atoms with Crippen LogP contribution < -0.4 is 10.5 Å². The Bertz CT molecular complexity index is 384. The molecule has 1 aromatic rings. The van der Waals surface area contributed by atoms with Gasteiger partial charge < -0.3 is 15.2 Å². The van der Waals surface area contributed by atoms with Gasteiger partial charge in [-0.15, -0.1) is 0 Å². The van der Waals surface area contributed by atoms with Crippen molar-refractivity contribution in [3.8, 4) is 5.75 Å². The number of benzene rings is 1. The molecule has 1 unspecified atom stereocenters. The minimum atomic E-state index is -0.557. The summed E-state index contributed by atoms with van der Waals surface area (Å²) in [6.45, 7) is 2.62. The fourth-order valence-electron chi connectivity index (χ4n) is 1.35. The highest BCUT2D eigenvalue weighted by atomic mass is 32.2. The molecular weight excluding hydrogens is 250 g/mol. The molecular formula is C13H19NO3S. The number of hydrogen-bond acceptors (Lipinski definition) is 5. The number of carbonyl (C=O) groups excluding carboxylic acids is 1. The highest BCUT2D eigenvalue weighted by Crippen LogP contribution is 2.13. The Kier molecular flexibility index (Phi) is 6.60. The monoisotopic (exact) mass is 269 g/mol. The van der Waals surface area contributed by atoms with Crippen LogP contribution in [0.4, 0.5) is 0 Å². The Morgan fingerprint density at radius 1 is 1.50 bits per heavy atom. The lowest BCUT2D eigenvalue weighted by atomic mass is 10.2. The van der Waals surface area contributed by atoms with E-state index in [1.165, 1.54) is 12.7 Å². The molecule has 0 fully saturated rings. The number of carbonyl (C=O) groups is 1. The van der Waals surface area contributed by atoms with Gasteiger partial charge in [0.15, 0.2) is 0 Å². The summed E-state index contributed by atoms with van der Waals surface area (Å²) in [4.78, 5) is 11.0. The lowest BCUT2D eigenvalue weighted by Gasteiger charge is -2.09. The summed E-state index contributed by atoms with van der Waals surface area (Å²) in [5, 5.41) is 0. The number of ether oxygens (including phenoxy) is 2. The number of methoxy groups -OCH3 is 1. The number of thioether (sulfide) groups is 1. The van der Waals surface area contributed by atoms with Gasteiger partial charge in [0.2, 0.25) is 0 Å². The van der Waals surface area contributed by atoms with E-state index >= 15 is 0 Å². The summed E-state index contributed by atoms with van der Waals surface area (Å²) in [6.07, 6.45) is 0. The quantitative estimate of drug-likeness (QED) is 0.602. The fourth-order valence-corrected chi connectivity index (χ4v) is 2.11. The maximum atomic E-state index is 11.0. The molecule has 1 atom stereocenters. The van der Waals surface area contributed by atoms with Gasteiger partial charge in [-0.3, -0.25) is 4.79 Å². The van der Waals surface area contributed by atoms with Gasteiger partial charge in [-0.1, -0.05) is 12.1 Å².